The number of amides is 2. The van der Waals surface area contributed by atoms with E-state index >= 15 is 0 Å². The summed E-state index contributed by atoms with van der Waals surface area (Å²) in [5.74, 6) is 1.54. The number of hydrogen-bond acceptors (Lipinski definition) is 6. The quantitative estimate of drug-likeness (QED) is 0.298. The van der Waals surface area contributed by atoms with Gasteiger partial charge in [0.1, 0.15) is 0 Å². The molecule has 25 heavy (non-hydrogen) atoms. The van der Waals surface area contributed by atoms with E-state index in [1.807, 2.05) is 41.5 Å². The molecule has 0 aromatic heterocycles. The maximum absolute atomic E-state index is 11.6. The van der Waals surface area contributed by atoms with Gasteiger partial charge >= 0.3 is 0 Å². The summed E-state index contributed by atoms with van der Waals surface area (Å²) in [7, 11) is 3.38. The Morgan fingerprint density at radius 2 is 1.48 bits per heavy atom. The highest BCUT2D eigenvalue weighted by Gasteiger charge is 2.20. The predicted molar refractivity (Wildman–Crippen MR) is 113 cm³/mol. The van der Waals surface area contributed by atoms with E-state index < -0.39 is 5.41 Å². The van der Waals surface area contributed by atoms with Crippen LogP contribution in [0.5, 0.6) is 0 Å². The fourth-order valence-corrected chi connectivity index (χ4v) is 3.12. The van der Waals surface area contributed by atoms with Crippen LogP contribution >= 0.6 is 21.6 Å². The van der Waals surface area contributed by atoms with Gasteiger partial charge < -0.3 is 21.5 Å². The van der Waals surface area contributed by atoms with E-state index in [1.54, 1.807) is 21.6 Å². The molecule has 0 aromatic carbocycles. The number of nitrogens with two attached hydrogens (primary N) is 1. The topological polar surface area (TPSA) is 104 Å². The molecule has 5 N–H and O–H groups in total. The number of hydrogen-bond donors (Lipinski definition) is 4. The van der Waals surface area contributed by atoms with Gasteiger partial charge in [-0.1, -0.05) is 63.1 Å². The van der Waals surface area contributed by atoms with Crippen molar-refractivity contribution in [1.82, 2.24) is 10.6 Å². The molecular weight excluding hydrogens is 358 g/mol. The van der Waals surface area contributed by atoms with Crippen molar-refractivity contribution in [3.8, 4) is 0 Å². The minimum Gasteiger partial charge on any atom is -0.396 e. The Labute approximate surface area is 162 Å². The number of carbonyl (C=O) groups excluding carboxylic acids is 2. The van der Waals surface area contributed by atoms with E-state index in [9.17, 15) is 9.59 Å². The second kappa shape index (κ2) is 21.6. The first-order valence-corrected chi connectivity index (χ1v) is 11.5. The number of carbonyl (C=O) groups is 2. The fraction of sp³-hybridized carbons (Fsp3) is 0.882. The van der Waals surface area contributed by atoms with Gasteiger partial charge in [-0.3, -0.25) is 9.59 Å². The first-order chi connectivity index (χ1) is 11.9. The summed E-state index contributed by atoms with van der Waals surface area (Å²) >= 11 is 0. The van der Waals surface area contributed by atoms with E-state index in [2.05, 4.69) is 10.6 Å². The lowest BCUT2D eigenvalue weighted by molar-refractivity contribution is -0.124. The lowest BCUT2D eigenvalue weighted by Crippen LogP contribution is -2.34. The summed E-state index contributed by atoms with van der Waals surface area (Å²) in [6, 6.07) is 0. The summed E-state index contributed by atoms with van der Waals surface area (Å²) < 4.78 is 0. The van der Waals surface area contributed by atoms with Crippen LogP contribution < -0.4 is 16.4 Å². The highest BCUT2D eigenvalue weighted by molar-refractivity contribution is 8.76. The van der Waals surface area contributed by atoms with Gasteiger partial charge in [0.15, 0.2) is 0 Å². The SMILES string of the molecule is CC.CC.CC(C)(CO)CC(=O)NCCC(=O)NCCSSCCN. The molecule has 0 bridgehead atoms. The van der Waals surface area contributed by atoms with Crippen molar-refractivity contribution in [2.24, 2.45) is 11.1 Å². The van der Waals surface area contributed by atoms with Crippen molar-refractivity contribution in [3.05, 3.63) is 0 Å². The molecule has 0 rings (SSSR count). The van der Waals surface area contributed by atoms with Crippen LogP contribution in [0.15, 0.2) is 0 Å². The van der Waals surface area contributed by atoms with Gasteiger partial charge in [0, 0.05) is 50.6 Å². The van der Waals surface area contributed by atoms with E-state index in [0.29, 0.717) is 19.6 Å². The van der Waals surface area contributed by atoms with Crippen molar-refractivity contribution < 1.29 is 14.7 Å². The summed E-state index contributed by atoms with van der Waals surface area (Å²) in [6.45, 7) is 13.2. The largest absolute Gasteiger partial charge is 0.396 e. The molecule has 0 saturated heterocycles. The van der Waals surface area contributed by atoms with E-state index in [1.165, 1.54) is 0 Å². The van der Waals surface area contributed by atoms with Crippen LogP contribution in [0.3, 0.4) is 0 Å². The zero-order chi connectivity index (χ0) is 20.1. The molecule has 0 unspecified atom stereocenters. The molecule has 6 nitrogen and oxygen atoms in total. The van der Waals surface area contributed by atoms with Crippen LogP contribution in [0.25, 0.3) is 0 Å². The first kappa shape index (κ1) is 29.3. The third-order valence-electron chi connectivity index (χ3n) is 2.53. The third-order valence-corrected chi connectivity index (χ3v) is 4.97. The second-order valence-corrected chi connectivity index (χ2v) is 8.08. The zero-order valence-corrected chi connectivity index (χ0v) is 18.4. The maximum atomic E-state index is 11.6. The Morgan fingerprint density at radius 1 is 0.960 bits per heavy atom. The molecule has 0 heterocycles. The van der Waals surface area contributed by atoms with Crippen LogP contribution in [0.2, 0.25) is 0 Å². The number of aliphatic hydroxyl groups excluding tert-OH is 1. The minimum atomic E-state index is -0.426. The Kier molecular flexibility index (Phi) is 25.3. The first-order valence-electron chi connectivity index (χ1n) is 9.00. The molecule has 0 fully saturated rings. The summed E-state index contributed by atoms with van der Waals surface area (Å²) in [4.78, 5) is 23.1. The normalized spacial score (nSPS) is 9.92. The van der Waals surface area contributed by atoms with Gasteiger partial charge in [-0.25, -0.2) is 0 Å². The van der Waals surface area contributed by atoms with Crippen molar-refractivity contribution in [3.63, 3.8) is 0 Å². The highest BCUT2D eigenvalue weighted by Crippen LogP contribution is 2.19. The Morgan fingerprint density at radius 3 is 2.00 bits per heavy atom. The highest BCUT2D eigenvalue weighted by atomic mass is 33.1. The van der Waals surface area contributed by atoms with Crippen molar-refractivity contribution in [2.75, 3.05) is 37.7 Å². The lowest BCUT2D eigenvalue weighted by Gasteiger charge is -2.20. The fourth-order valence-electron chi connectivity index (χ4n) is 1.35. The van der Waals surface area contributed by atoms with Gasteiger partial charge in [0.05, 0.1) is 0 Å². The molecule has 0 aliphatic heterocycles. The Balaban J connectivity index is -0.00000112. The number of rotatable bonds is 12. The molecule has 2 amide bonds. The minimum absolute atomic E-state index is 0.0409. The number of nitrogens with one attached hydrogen (secondary N) is 2. The smallest absolute Gasteiger partial charge is 0.221 e. The van der Waals surface area contributed by atoms with Crippen LogP contribution in [0, 0.1) is 5.41 Å². The molecule has 152 valence electrons. The third kappa shape index (κ3) is 23.6. The van der Waals surface area contributed by atoms with Gasteiger partial charge in [0.2, 0.25) is 11.8 Å². The average molecular weight is 398 g/mol. The summed E-state index contributed by atoms with van der Waals surface area (Å²) in [6.07, 6.45) is 0.520. The maximum Gasteiger partial charge on any atom is 0.221 e. The van der Waals surface area contributed by atoms with Gasteiger partial charge in [0.25, 0.3) is 0 Å². The Hall–Kier alpha value is -0.440. The second-order valence-electron chi connectivity index (χ2n) is 5.38. The van der Waals surface area contributed by atoms with Crippen LogP contribution in [-0.4, -0.2) is 54.7 Å². The van der Waals surface area contributed by atoms with Crippen LogP contribution in [0.1, 0.15) is 54.4 Å². The molecule has 0 aromatic rings. The molecule has 8 heteroatoms. The molecule has 0 aliphatic carbocycles. The standard InChI is InChI=1S/C13H27N3O3S2.2C2H6/c1-13(2,10-17)9-12(19)15-5-3-11(18)16-6-8-21-20-7-4-14;2*1-2/h17H,3-10,14H2,1-2H3,(H,15,19)(H,16,18);2*1-2H3. The molecular formula is C17H39N3O3S2. The van der Waals surface area contributed by atoms with E-state index in [4.69, 9.17) is 10.8 Å². The van der Waals surface area contributed by atoms with Crippen molar-refractivity contribution in [1.29, 1.82) is 0 Å². The van der Waals surface area contributed by atoms with Gasteiger partial charge in [-0.05, 0) is 5.41 Å². The van der Waals surface area contributed by atoms with Crippen molar-refractivity contribution in [2.45, 2.75) is 54.4 Å². The molecule has 0 saturated carbocycles. The molecule has 0 aliphatic rings. The van der Waals surface area contributed by atoms with E-state index in [-0.39, 0.29) is 31.3 Å². The van der Waals surface area contributed by atoms with Crippen LogP contribution in [0.4, 0.5) is 0 Å². The summed E-state index contributed by atoms with van der Waals surface area (Å²) in [5, 5.41) is 14.6. The average Bonchev–Trinajstić information content (AvgIpc) is 2.61. The van der Waals surface area contributed by atoms with Gasteiger partial charge in [-0.2, -0.15) is 0 Å². The van der Waals surface area contributed by atoms with Gasteiger partial charge in [-0.15, -0.1) is 0 Å². The number of aliphatic hydroxyl groups is 1. The lowest BCUT2D eigenvalue weighted by atomic mass is 9.90. The molecule has 0 radical (unpaired) electrons. The van der Waals surface area contributed by atoms with Crippen LogP contribution in [-0.2, 0) is 9.59 Å². The Bertz CT molecular complexity index is 318. The summed E-state index contributed by atoms with van der Waals surface area (Å²) in [5.41, 5.74) is 4.94. The molecule has 0 spiro atoms. The van der Waals surface area contributed by atoms with Crippen molar-refractivity contribution >= 4 is 33.4 Å². The predicted octanol–water partition coefficient (Wildman–Crippen LogP) is 2.41. The van der Waals surface area contributed by atoms with E-state index in [0.717, 1.165) is 11.5 Å². The molecule has 0 atom stereocenters. The zero-order valence-electron chi connectivity index (χ0n) is 16.8. The monoisotopic (exact) mass is 397 g/mol.